The van der Waals surface area contributed by atoms with Gasteiger partial charge in [-0.25, -0.2) is 9.97 Å². The molecule has 7 nitrogen and oxygen atoms in total. The standard InChI is InChI=1S/C17H20N4O3/c18-15-3-1-2-12(19-15)17(22)21-7-4-14-13(10-21)20-16(24-14)11-5-8-23-9-6-11/h1-3,11H,4-10H2,(H2,18,19). The van der Waals surface area contributed by atoms with Crippen LogP contribution in [0.5, 0.6) is 0 Å². The summed E-state index contributed by atoms with van der Waals surface area (Å²) in [5.41, 5.74) is 6.90. The Balaban J connectivity index is 1.51. The Kier molecular flexibility index (Phi) is 3.93. The van der Waals surface area contributed by atoms with Gasteiger partial charge in [0.2, 0.25) is 0 Å². The number of hydrogen-bond donors (Lipinski definition) is 1. The van der Waals surface area contributed by atoms with Crippen molar-refractivity contribution >= 4 is 11.7 Å². The van der Waals surface area contributed by atoms with Crippen LogP contribution in [-0.2, 0) is 17.7 Å². The summed E-state index contributed by atoms with van der Waals surface area (Å²) in [7, 11) is 0. The molecule has 0 saturated carbocycles. The van der Waals surface area contributed by atoms with Crippen LogP contribution in [0.1, 0.15) is 46.6 Å². The molecule has 2 N–H and O–H groups in total. The minimum absolute atomic E-state index is 0.122. The molecule has 126 valence electrons. The van der Waals surface area contributed by atoms with E-state index >= 15 is 0 Å². The maximum atomic E-state index is 12.6. The minimum atomic E-state index is -0.122. The van der Waals surface area contributed by atoms with Crippen LogP contribution in [0.15, 0.2) is 22.6 Å². The van der Waals surface area contributed by atoms with E-state index in [2.05, 4.69) is 9.97 Å². The van der Waals surface area contributed by atoms with E-state index < -0.39 is 0 Å². The second-order valence-electron chi connectivity index (χ2n) is 6.23. The summed E-state index contributed by atoms with van der Waals surface area (Å²) in [6.07, 6.45) is 2.56. The number of oxazole rings is 1. The van der Waals surface area contributed by atoms with Crippen molar-refractivity contribution in [1.29, 1.82) is 0 Å². The second kappa shape index (κ2) is 6.24. The van der Waals surface area contributed by atoms with Gasteiger partial charge in [-0.15, -0.1) is 0 Å². The molecule has 0 aromatic carbocycles. The van der Waals surface area contributed by atoms with Crippen LogP contribution in [0.25, 0.3) is 0 Å². The van der Waals surface area contributed by atoms with Crippen LogP contribution in [0.2, 0.25) is 0 Å². The number of carbonyl (C=O) groups is 1. The molecule has 0 aliphatic carbocycles. The minimum Gasteiger partial charge on any atom is -0.445 e. The molecule has 2 aliphatic rings. The topological polar surface area (TPSA) is 94.5 Å². The van der Waals surface area contributed by atoms with Crippen LogP contribution in [0, 0.1) is 0 Å². The van der Waals surface area contributed by atoms with Crippen molar-refractivity contribution in [3.05, 3.63) is 41.2 Å². The summed E-state index contributed by atoms with van der Waals surface area (Å²) < 4.78 is 11.3. The van der Waals surface area contributed by atoms with Crippen LogP contribution in [0.4, 0.5) is 5.82 Å². The van der Waals surface area contributed by atoms with E-state index in [9.17, 15) is 4.79 Å². The molecule has 2 aromatic heterocycles. The van der Waals surface area contributed by atoms with Gasteiger partial charge in [0.25, 0.3) is 5.91 Å². The van der Waals surface area contributed by atoms with E-state index in [0.29, 0.717) is 36.9 Å². The molecule has 0 bridgehead atoms. The summed E-state index contributed by atoms with van der Waals surface area (Å²) in [4.78, 5) is 23.1. The SMILES string of the molecule is Nc1cccc(C(=O)N2CCc3oc(C4CCOCC4)nc3C2)n1. The molecule has 1 amide bonds. The van der Waals surface area contributed by atoms with Crippen LogP contribution >= 0.6 is 0 Å². The number of nitrogens with zero attached hydrogens (tertiary/aromatic N) is 3. The lowest BCUT2D eigenvalue weighted by Gasteiger charge is -2.25. The summed E-state index contributed by atoms with van der Waals surface area (Å²) in [5.74, 6) is 2.25. The molecule has 0 atom stereocenters. The third kappa shape index (κ3) is 2.87. The predicted molar refractivity (Wildman–Crippen MR) is 86.4 cm³/mol. The zero-order valence-corrected chi connectivity index (χ0v) is 13.4. The number of aromatic nitrogens is 2. The van der Waals surface area contributed by atoms with Gasteiger partial charge < -0.3 is 19.8 Å². The largest absolute Gasteiger partial charge is 0.445 e. The Hall–Kier alpha value is -2.41. The molecule has 0 spiro atoms. The van der Waals surface area contributed by atoms with Crippen LogP contribution in [0.3, 0.4) is 0 Å². The Morgan fingerprint density at radius 1 is 1.25 bits per heavy atom. The zero-order chi connectivity index (χ0) is 16.5. The van der Waals surface area contributed by atoms with Gasteiger partial charge >= 0.3 is 0 Å². The number of nitrogen functional groups attached to an aromatic ring is 1. The van der Waals surface area contributed by atoms with Gasteiger partial charge in [-0.05, 0) is 25.0 Å². The summed E-state index contributed by atoms with van der Waals surface area (Å²) >= 11 is 0. The van der Waals surface area contributed by atoms with Crippen molar-refractivity contribution in [2.24, 2.45) is 0 Å². The Bertz CT molecular complexity index is 752. The van der Waals surface area contributed by atoms with Gasteiger partial charge in [0.15, 0.2) is 5.89 Å². The second-order valence-corrected chi connectivity index (χ2v) is 6.23. The number of hydrogen-bond acceptors (Lipinski definition) is 6. The van der Waals surface area contributed by atoms with Gasteiger partial charge in [-0.2, -0.15) is 0 Å². The predicted octanol–water partition coefficient (Wildman–Crippen LogP) is 1.74. The highest BCUT2D eigenvalue weighted by Crippen LogP contribution is 2.30. The van der Waals surface area contributed by atoms with Crippen molar-refractivity contribution in [3.63, 3.8) is 0 Å². The highest BCUT2D eigenvalue weighted by molar-refractivity contribution is 5.92. The summed E-state index contributed by atoms with van der Waals surface area (Å²) in [6.45, 7) is 2.56. The van der Waals surface area contributed by atoms with E-state index in [1.807, 2.05) is 0 Å². The van der Waals surface area contributed by atoms with Crippen LogP contribution in [-0.4, -0.2) is 40.5 Å². The number of nitrogens with two attached hydrogens (primary N) is 1. The fourth-order valence-electron chi connectivity index (χ4n) is 3.24. The maximum absolute atomic E-state index is 12.6. The van der Waals surface area contributed by atoms with E-state index in [1.165, 1.54) is 0 Å². The normalized spacial score (nSPS) is 18.4. The summed E-state index contributed by atoms with van der Waals surface area (Å²) in [5, 5.41) is 0. The lowest BCUT2D eigenvalue weighted by Crippen LogP contribution is -2.36. The maximum Gasteiger partial charge on any atom is 0.272 e. The highest BCUT2D eigenvalue weighted by Gasteiger charge is 2.29. The molecule has 1 saturated heterocycles. The lowest BCUT2D eigenvalue weighted by molar-refractivity contribution is 0.0720. The van der Waals surface area contributed by atoms with Gasteiger partial charge in [0.1, 0.15) is 23.0 Å². The average molecular weight is 328 g/mol. The van der Waals surface area contributed by atoms with E-state index in [4.69, 9.17) is 14.9 Å². The molecular weight excluding hydrogens is 308 g/mol. The van der Waals surface area contributed by atoms with E-state index in [-0.39, 0.29) is 5.91 Å². The molecule has 24 heavy (non-hydrogen) atoms. The van der Waals surface area contributed by atoms with Crippen molar-refractivity contribution in [3.8, 4) is 0 Å². The number of amides is 1. The van der Waals surface area contributed by atoms with Crippen molar-refractivity contribution in [1.82, 2.24) is 14.9 Å². The Labute approximate surface area is 139 Å². The van der Waals surface area contributed by atoms with Crippen molar-refractivity contribution in [2.75, 3.05) is 25.5 Å². The first-order valence-electron chi connectivity index (χ1n) is 8.29. The number of rotatable bonds is 2. The molecule has 2 aromatic rings. The van der Waals surface area contributed by atoms with Gasteiger partial charge in [-0.3, -0.25) is 4.79 Å². The molecule has 0 unspecified atom stereocenters. The molecule has 4 rings (SSSR count). The Morgan fingerprint density at radius 2 is 2.08 bits per heavy atom. The monoisotopic (exact) mass is 328 g/mol. The molecule has 1 fully saturated rings. The third-order valence-electron chi connectivity index (χ3n) is 4.59. The number of carbonyl (C=O) groups excluding carboxylic acids is 1. The third-order valence-corrected chi connectivity index (χ3v) is 4.59. The number of fused-ring (bicyclic) bond motifs is 1. The number of ether oxygens (including phenoxy) is 1. The van der Waals surface area contributed by atoms with E-state index in [0.717, 1.165) is 43.4 Å². The first-order valence-corrected chi connectivity index (χ1v) is 8.29. The molecular formula is C17H20N4O3. The first-order chi connectivity index (χ1) is 11.7. The average Bonchev–Trinajstić information content (AvgIpc) is 3.05. The molecule has 0 radical (unpaired) electrons. The zero-order valence-electron chi connectivity index (χ0n) is 13.4. The quantitative estimate of drug-likeness (QED) is 0.902. The first kappa shape index (κ1) is 15.1. The fraction of sp³-hybridized carbons (Fsp3) is 0.471. The van der Waals surface area contributed by atoms with Gasteiger partial charge in [0.05, 0.1) is 6.54 Å². The molecule has 7 heteroatoms. The van der Waals surface area contributed by atoms with Crippen LogP contribution < -0.4 is 5.73 Å². The molecule has 2 aliphatic heterocycles. The van der Waals surface area contributed by atoms with E-state index in [1.54, 1.807) is 23.1 Å². The highest BCUT2D eigenvalue weighted by atomic mass is 16.5. The number of anilines is 1. The lowest BCUT2D eigenvalue weighted by atomic mass is 10.0. The van der Waals surface area contributed by atoms with Crippen molar-refractivity contribution in [2.45, 2.75) is 31.7 Å². The smallest absolute Gasteiger partial charge is 0.272 e. The van der Waals surface area contributed by atoms with Gasteiger partial charge in [-0.1, -0.05) is 6.07 Å². The summed E-state index contributed by atoms with van der Waals surface area (Å²) in [6, 6.07) is 5.09. The van der Waals surface area contributed by atoms with Crippen molar-refractivity contribution < 1.29 is 13.9 Å². The fourth-order valence-corrected chi connectivity index (χ4v) is 3.24. The van der Waals surface area contributed by atoms with Gasteiger partial charge in [0, 0.05) is 32.1 Å². The number of pyridine rings is 1. The molecule has 4 heterocycles. The Morgan fingerprint density at radius 3 is 2.88 bits per heavy atom.